The minimum absolute atomic E-state index is 0.124. The van der Waals surface area contributed by atoms with Gasteiger partial charge in [0.25, 0.3) is 5.91 Å². The molecular weight excluding hydrogens is 468 g/mol. The molecule has 2 saturated heterocycles. The molecule has 1 atom stereocenters. The normalized spacial score (nSPS) is 22.4. The molecule has 0 spiro atoms. The van der Waals surface area contributed by atoms with E-state index in [0.717, 1.165) is 70.5 Å². The van der Waals surface area contributed by atoms with Crippen molar-refractivity contribution in [3.05, 3.63) is 41.2 Å². The number of piperidine rings is 1. The number of primary amides is 1. The third-order valence-corrected chi connectivity index (χ3v) is 8.35. The fourth-order valence-electron chi connectivity index (χ4n) is 6.37. The molecule has 37 heavy (non-hydrogen) atoms. The molecule has 3 amide bonds. The fraction of sp³-hybridized carbons (Fsp3) is 0.556. The Morgan fingerprint density at radius 1 is 1.03 bits per heavy atom. The van der Waals surface area contributed by atoms with Gasteiger partial charge in [-0.05, 0) is 61.9 Å². The second kappa shape index (κ2) is 10.2. The van der Waals surface area contributed by atoms with Crippen LogP contribution in [0.4, 0.5) is 22.1 Å². The Kier molecular flexibility index (Phi) is 6.58. The fourth-order valence-corrected chi connectivity index (χ4v) is 6.37. The molecule has 1 unspecified atom stereocenters. The van der Waals surface area contributed by atoms with Crippen molar-refractivity contribution in [3.8, 4) is 0 Å². The van der Waals surface area contributed by atoms with Crippen molar-refractivity contribution in [1.29, 1.82) is 0 Å². The Labute approximate surface area is 217 Å². The van der Waals surface area contributed by atoms with Gasteiger partial charge in [0.1, 0.15) is 5.82 Å². The predicted molar refractivity (Wildman–Crippen MR) is 142 cm³/mol. The molecule has 6 rings (SSSR count). The molecule has 10 heteroatoms. The zero-order chi connectivity index (χ0) is 25.4. The van der Waals surface area contributed by atoms with Crippen LogP contribution in [0.2, 0.25) is 0 Å². The minimum atomic E-state index is -0.616. The lowest BCUT2D eigenvalue weighted by Gasteiger charge is -2.38. The van der Waals surface area contributed by atoms with Gasteiger partial charge in [0, 0.05) is 44.5 Å². The molecule has 4 N–H and O–H groups in total. The summed E-state index contributed by atoms with van der Waals surface area (Å²) in [7, 11) is 0. The predicted octanol–water partition coefficient (Wildman–Crippen LogP) is 2.61. The number of carbonyl (C=O) groups is 2. The van der Waals surface area contributed by atoms with Crippen LogP contribution < -0.4 is 21.3 Å². The molecule has 1 saturated carbocycles. The summed E-state index contributed by atoms with van der Waals surface area (Å²) in [4.78, 5) is 41.0. The van der Waals surface area contributed by atoms with E-state index in [4.69, 9.17) is 10.7 Å². The van der Waals surface area contributed by atoms with E-state index in [0.29, 0.717) is 24.2 Å². The van der Waals surface area contributed by atoms with Gasteiger partial charge in [0.2, 0.25) is 0 Å². The Morgan fingerprint density at radius 2 is 1.81 bits per heavy atom. The second-order valence-electron chi connectivity index (χ2n) is 10.7. The number of anilines is 3. The largest absolute Gasteiger partial charge is 0.364 e. The number of fused-ring (bicyclic) bond motifs is 1. The lowest BCUT2D eigenvalue weighted by Crippen LogP contribution is -2.50. The number of carbonyl (C=O) groups excluding carboxylic acids is 2. The summed E-state index contributed by atoms with van der Waals surface area (Å²) in [6.07, 6.45) is 9.27. The van der Waals surface area contributed by atoms with Crippen molar-refractivity contribution in [2.45, 2.75) is 63.6 Å². The Balaban J connectivity index is 1.19. The highest BCUT2D eigenvalue weighted by Gasteiger charge is 2.39. The highest BCUT2D eigenvalue weighted by molar-refractivity contribution is 5.96. The number of amides is 3. The first-order valence-corrected chi connectivity index (χ1v) is 13.7. The number of nitrogens with two attached hydrogens (primary N) is 1. The summed E-state index contributed by atoms with van der Waals surface area (Å²) in [5.74, 6) is 0.444. The maximum Gasteiger partial charge on any atom is 0.320 e. The summed E-state index contributed by atoms with van der Waals surface area (Å²) in [6, 6.07) is 6.97. The van der Waals surface area contributed by atoms with Gasteiger partial charge in [-0.3, -0.25) is 4.79 Å². The summed E-state index contributed by atoms with van der Waals surface area (Å²) >= 11 is 0. The van der Waals surface area contributed by atoms with Crippen LogP contribution in [-0.2, 0) is 13.0 Å². The Bertz CT molecular complexity index is 1180. The summed E-state index contributed by atoms with van der Waals surface area (Å²) in [6.45, 7) is 4.98. The molecule has 3 fully saturated rings. The number of nitrogens with one attached hydrogen (secondary N) is 2. The van der Waals surface area contributed by atoms with E-state index in [-0.39, 0.29) is 17.8 Å². The zero-order valence-corrected chi connectivity index (χ0v) is 21.3. The van der Waals surface area contributed by atoms with Gasteiger partial charge in [-0.2, -0.15) is 0 Å². The first-order valence-electron chi connectivity index (χ1n) is 13.7. The topological polar surface area (TPSA) is 120 Å². The summed E-state index contributed by atoms with van der Waals surface area (Å²) < 4.78 is 0. The van der Waals surface area contributed by atoms with Gasteiger partial charge < -0.3 is 31.1 Å². The monoisotopic (exact) mass is 504 g/mol. The molecule has 4 heterocycles. The molecule has 4 aliphatic rings. The summed E-state index contributed by atoms with van der Waals surface area (Å²) in [5.41, 5.74) is 9.20. The maximum absolute atomic E-state index is 13.3. The van der Waals surface area contributed by atoms with Crippen LogP contribution in [0.25, 0.3) is 0 Å². The quantitative estimate of drug-likeness (QED) is 0.553. The number of rotatable bonds is 6. The molecule has 0 radical (unpaired) electrons. The van der Waals surface area contributed by atoms with Crippen LogP contribution in [0.3, 0.4) is 0 Å². The van der Waals surface area contributed by atoms with E-state index in [9.17, 15) is 9.59 Å². The molecule has 1 aliphatic carbocycles. The smallest absolute Gasteiger partial charge is 0.320 e. The number of urea groups is 1. The maximum atomic E-state index is 13.3. The van der Waals surface area contributed by atoms with Crippen LogP contribution >= 0.6 is 0 Å². The van der Waals surface area contributed by atoms with Gasteiger partial charge in [-0.15, -0.1) is 0 Å². The van der Waals surface area contributed by atoms with E-state index in [1.807, 2.05) is 6.07 Å². The van der Waals surface area contributed by atoms with Crippen molar-refractivity contribution in [2.75, 3.05) is 42.9 Å². The number of hydrogen-bond acceptors (Lipinski definition) is 7. The lowest BCUT2D eigenvalue weighted by molar-refractivity contribution is 0.0996. The second-order valence-corrected chi connectivity index (χ2v) is 10.7. The van der Waals surface area contributed by atoms with E-state index < -0.39 is 5.91 Å². The van der Waals surface area contributed by atoms with Gasteiger partial charge in [0.05, 0.1) is 12.2 Å². The minimum Gasteiger partial charge on any atom is -0.364 e. The Hall–Kier alpha value is -3.40. The molecule has 196 valence electrons. The average Bonchev–Trinajstić information content (AvgIpc) is 3.58. The Morgan fingerprint density at radius 3 is 2.62 bits per heavy atom. The SMILES string of the molecule is NC(=O)c1ncc(N2CCCC(N3CCN(C4CCCC4)C3=O)C2)nc1Nc1ccc2c(c1)CCNC2. The molecule has 2 aromatic rings. The van der Waals surface area contributed by atoms with Crippen molar-refractivity contribution >= 4 is 29.3 Å². The van der Waals surface area contributed by atoms with Gasteiger partial charge >= 0.3 is 6.03 Å². The molecule has 1 aromatic heterocycles. The first kappa shape index (κ1) is 24.0. The van der Waals surface area contributed by atoms with Crippen LogP contribution in [0.1, 0.15) is 60.1 Å². The number of aromatic nitrogens is 2. The van der Waals surface area contributed by atoms with E-state index in [1.165, 1.54) is 24.0 Å². The van der Waals surface area contributed by atoms with Gasteiger partial charge in [-0.1, -0.05) is 18.9 Å². The first-order chi connectivity index (χ1) is 18.1. The van der Waals surface area contributed by atoms with Crippen molar-refractivity contribution in [1.82, 2.24) is 25.1 Å². The number of hydrogen-bond donors (Lipinski definition) is 3. The average molecular weight is 505 g/mol. The highest BCUT2D eigenvalue weighted by Crippen LogP contribution is 2.30. The third kappa shape index (κ3) is 4.82. The molecule has 3 aliphatic heterocycles. The number of benzene rings is 1. The molecular formula is C27H36N8O2. The van der Waals surface area contributed by atoms with Gasteiger partial charge in [0.15, 0.2) is 11.5 Å². The summed E-state index contributed by atoms with van der Waals surface area (Å²) in [5, 5.41) is 6.69. The van der Waals surface area contributed by atoms with Gasteiger partial charge in [-0.25, -0.2) is 14.8 Å². The highest BCUT2D eigenvalue weighted by atomic mass is 16.2. The van der Waals surface area contributed by atoms with E-state index >= 15 is 0 Å². The van der Waals surface area contributed by atoms with E-state index in [1.54, 1.807) is 6.20 Å². The van der Waals surface area contributed by atoms with Crippen LogP contribution in [0, 0.1) is 0 Å². The lowest BCUT2D eigenvalue weighted by atomic mass is 10.0. The van der Waals surface area contributed by atoms with E-state index in [2.05, 4.69) is 42.5 Å². The zero-order valence-electron chi connectivity index (χ0n) is 21.3. The van der Waals surface area contributed by atoms with Crippen LogP contribution in [0.5, 0.6) is 0 Å². The number of nitrogens with zero attached hydrogens (tertiary/aromatic N) is 5. The van der Waals surface area contributed by atoms with Crippen LogP contribution in [0.15, 0.2) is 24.4 Å². The van der Waals surface area contributed by atoms with Crippen molar-refractivity contribution in [2.24, 2.45) is 5.73 Å². The van der Waals surface area contributed by atoms with Crippen molar-refractivity contribution in [3.63, 3.8) is 0 Å². The van der Waals surface area contributed by atoms with Crippen LogP contribution in [-0.4, -0.2) is 76.5 Å². The van der Waals surface area contributed by atoms with Crippen molar-refractivity contribution < 1.29 is 9.59 Å². The molecule has 1 aromatic carbocycles. The molecule has 10 nitrogen and oxygen atoms in total. The standard InChI is InChI=1S/C27H36N8O2/c28-25(36)24-26(31-20-8-7-19-15-29-10-9-18(19)14-20)32-23(16-30-24)33-11-3-6-22(17-33)35-13-12-34(27(35)37)21-4-1-2-5-21/h7-8,14,16,21-22,29H,1-6,9-13,15,17H2,(H2,28,36)(H,31,32). The molecule has 0 bridgehead atoms. The third-order valence-electron chi connectivity index (χ3n) is 8.35.